The highest BCUT2D eigenvalue weighted by molar-refractivity contribution is 7.13. The molecule has 1 aromatic carbocycles. The molecule has 0 atom stereocenters. The van der Waals surface area contributed by atoms with E-state index in [9.17, 15) is 4.79 Å². The van der Waals surface area contributed by atoms with Crippen molar-refractivity contribution in [2.24, 2.45) is 0 Å². The van der Waals surface area contributed by atoms with Gasteiger partial charge < -0.3 is 11.1 Å². The van der Waals surface area contributed by atoms with Crippen molar-refractivity contribution in [2.75, 3.05) is 11.1 Å². The first-order chi connectivity index (χ1) is 10.2. The minimum atomic E-state index is -0.261. The molecule has 2 aromatic heterocycles. The molecule has 0 spiro atoms. The van der Waals surface area contributed by atoms with Gasteiger partial charge >= 0.3 is 0 Å². The standard InChI is InChI=1S/C14H13N5OS/c15-14-18-12(9-21-14)13(20)17-11-4-2-10(3-5-11)8-19-7-1-6-16-19/h1-7,9H,8H2,(H2,15,18)(H,17,20). The largest absolute Gasteiger partial charge is 0.375 e. The molecule has 3 aromatic rings. The van der Waals surface area contributed by atoms with Gasteiger partial charge in [0.25, 0.3) is 5.91 Å². The van der Waals surface area contributed by atoms with E-state index < -0.39 is 0 Å². The van der Waals surface area contributed by atoms with Crippen LogP contribution in [-0.4, -0.2) is 20.7 Å². The van der Waals surface area contributed by atoms with Gasteiger partial charge in [-0.1, -0.05) is 12.1 Å². The molecule has 0 fully saturated rings. The normalized spacial score (nSPS) is 10.5. The molecule has 3 N–H and O–H groups in total. The number of carbonyl (C=O) groups is 1. The topological polar surface area (TPSA) is 85.8 Å². The molecule has 0 unspecified atom stereocenters. The van der Waals surface area contributed by atoms with Crippen LogP contribution < -0.4 is 11.1 Å². The SMILES string of the molecule is Nc1nc(C(=O)Nc2ccc(Cn3cccn3)cc2)cs1. The molecular formula is C14H13N5OS. The van der Waals surface area contributed by atoms with E-state index >= 15 is 0 Å². The van der Waals surface area contributed by atoms with Crippen molar-refractivity contribution in [2.45, 2.75) is 6.54 Å². The van der Waals surface area contributed by atoms with Gasteiger partial charge in [0.15, 0.2) is 5.13 Å². The maximum atomic E-state index is 11.9. The third kappa shape index (κ3) is 3.26. The first kappa shape index (κ1) is 13.3. The Kier molecular flexibility index (Phi) is 3.65. The zero-order chi connectivity index (χ0) is 14.7. The van der Waals surface area contributed by atoms with Gasteiger partial charge in [-0.15, -0.1) is 11.3 Å². The van der Waals surface area contributed by atoms with E-state index in [-0.39, 0.29) is 5.91 Å². The summed E-state index contributed by atoms with van der Waals surface area (Å²) < 4.78 is 1.84. The highest BCUT2D eigenvalue weighted by Gasteiger charge is 2.09. The summed E-state index contributed by atoms with van der Waals surface area (Å²) in [5.74, 6) is -0.261. The van der Waals surface area contributed by atoms with E-state index in [1.165, 1.54) is 11.3 Å². The number of thiazole rings is 1. The van der Waals surface area contributed by atoms with Crippen LogP contribution in [0.5, 0.6) is 0 Å². The number of nitrogens with zero attached hydrogens (tertiary/aromatic N) is 3. The molecule has 7 heteroatoms. The molecule has 3 rings (SSSR count). The van der Waals surface area contributed by atoms with Crippen molar-refractivity contribution in [1.29, 1.82) is 0 Å². The fourth-order valence-corrected chi connectivity index (χ4v) is 2.40. The lowest BCUT2D eigenvalue weighted by atomic mass is 10.2. The summed E-state index contributed by atoms with van der Waals surface area (Å²) in [5.41, 5.74) is 7.67. The van der Waals surface area contributed by atoms with Crippen LogP contribution in [0, 0.1) is 0 Å². The van der Waals surface area contributed by atoms with Gasteiger partial charge in [0, 0.05) is 23.5 Å². The summed E-state index contributed by atoms with van der Waals surface area (Å²) >= 11 is 1.24. The van der Waals surface area contributed by atoms with Crippen molar-refractivity contribution in [3.8, 4) is 0 Å². The summed E-state index contributed by atoms with van der Waals surface area (Å²) in [6, 6.07) is 9.49. The number of benzene rings is 1. The van der Waals surface area contributed by atoms with Crippen LogP contribution in [-0.2, 0) is 6.54 Å². The number of amides is 1. The monoisotopic (exact) mass is 299 g/mol. The Morgan fingerprint density at radius 1 is 1.33 bits per heavy atom. The van der Waals surface area contributed by atoms with E-state index in [0.29, 0.717) is 17.4 Å². The lowest BCUT2D eigenvalue weighted by molar-refractivity contribution is 0.102. The lowest BCUT2D eigenvalue weighted by Gasteiger charge is -2.05. The van der Waals surface area contributed by atoms with E-state index in [1.807, 2.05) is 41.2 Å². The fraction of sp³-hybridized carbons (Fsp3) is 0.0714. The molecular weight excluding hydrogens is 286 g/mol. The number of anilines is 2. The quantitative estimate of drug-likeness (QED) is 0.773. The number of nitrogens with two attached hydrogens (primary N) is 1. The Hall–Kier alpha value is -2.67. The Balaban J connectivity index is 1.65. The second-order valence-corrected chi connectivity index (χ2v) is 5.32. The molecule has 0 radical (unpaired) electrons. The van der Waals surface area contributed by atoms with Crippen molar-refractivity contribution < 1.29 is 4.79 Å². The second kappa shape index (κ2) is 5.76. The molecule has 0 bridgehead atoms. The lowest BCUT2D eigenvalue weighted by Crippen LogP contribution is -2.12. The van der Waals surface area contributed by atoms with Crippen molar-refractivity contribution in [3.05, 3.63) is 59.4 Å². The minimum Gasteiger partial charge on any atom is -0.375 e. The Labute approximate surface area is 125 Å². The van der Waals surface area contributed by atoms with Crippen LogP contribution in [0.15, 0.2) is 48.1 Å². The molecule has 106 valence electrons. The van der Waals surface area contributed by atoms with Crippen LogP contribution >= 0.6 is 11.3 Å². The Morgan fingerprint density at radius 2 is 2.14 bits per heavy atom. The van der Waals surface area contributed by atoms with Gasteiger partial charge in [-0.25, -0.2) is 4.98 Å². The highest BCUT2D eigenvalue weighted by Crippen LogP contribution is 2.15. The molecule has 1 amide bonds. The highest BCUT2D eigenvalue weighted by atomic mass is 32.1. The third-order valence-corrected chi connectivity index (χ3v) is 3.54. The van der Waals surface area contributed by atoms with E-state index in [0.717, 1.165) is 11.3 Å². The second-order valence-electron chi connectivity index (χ2n) is 4.43. The molecule has 2 heterocycles. The van der Waals surface area contributed by atoms with Crippen molar-refractivity contribution in [3.63, 3.8) is 0 Å². The number of rotatable bonds is 4. The smallest absolute Gasteiger partial charge is 0.275 e. The predicted octanol–water partition coefficient (Wildman–Crippen LogP) is 2.22. The number of hydrogen-bond acceptors (Lipinski definition) is 5. The van der Waals surface area contributed by atoms with Crippen LogP contribution in [0.25, 0.3) is 0 Å². The molecule has 21 heavy (non-hydrogen) atoms. The first-order valence-corrected chi connectivity index (χ1v) is 7.17. The molecule has 6 nitrogen and oxygen atoms in total. The number of hydrogen-bond donors (Lipinski definition) is 2. The maximum absolute atomic E-state index is 11.9. The zero-order valence-electron chi connectivity index (χ0n) is 11.1. The van der Waals surface area contributed by atoms with E-state index in [2.05, 4.69) is 15.4 Å². The summed E-state index contributed by atoms with van der Waals surface area (Å²) in [7, 11) is 0. The van der Waals surface area contributed by atoms with Crippen LogP contribution in [0.1, 0.15) is 16.1 Å². The average molecular weight is 299 g/mol. The zero-order valence-corrected chi connectivity index (χ0v) is 11.9. The Bertz CT molecular complexity index is 733. The van der Waals surface area contributed by atoms with Crippen LogP contribution in [0.3, 0.4) is 0 Å². The molecule has 0 aliphatic carbocycles. The van der Waals surface area contributed by atoms with Gasteiger partial charge in [0.05, 0.1) is 6.54 Å². The number of carbonyl (C=O) groups excluding carboxylic acids is 1. The summed E-state index contributed by atoms with van der Waals surface area (Å²) in [6.45, 7) is 0.698. The number of nitrogens with one attached hydrogen (secondary N) is 1. The van der Waals surface area contributed by atoms with Gasteiger partial charge in [0.1, 0.15) is 5.69 Å². The third-order valence-electron chi connectivity index (χ3n) is 2.87. The van der Waals surface area contributed by atoms with E-state index in [1.54, 1.807) is 11.6 Å². The van der Waals surface area contributed by atoms with Gasteiger partial charge in [-0.05, 0) is 23.8 Å². The maximum Gasteiger partial charge on any atom is 0.275 e. The van der Waals surface area contributed by atoms with Crippen molar-refractivity contribution >= 4 is 28.1 Å². The number of nitrogen functional groups attached to an aromatic ring is 1. The summed E-state index contributed by atoms with van der Waals surface area (Å²) in [4.78, 5) is 15.9. The Morgan fingerprint density at radius 3 is 2.76 bits per heavy atom. The first-order valence-electron chi connectivity index (χ1n) is 6.29. The molecule has 0 aliphatic rings. The molecule has 0 saturated carbocycles. The van der Waals surface area contributed by atoms with Gasteiger partial charge in [-0.2, -0.15) is 5.10 Å². The van der Waals surface area contributed by atoms with Crippen LogP contribution in [0.4, 0.5) is 10.8 Å². The predicted molar refractivity (Wildman–Crippen MR) is 82.3 cm³/mol. The number of aromatic nitrogens is 3. The fourth-order valence-electron chi connectivity index (χ4n) is 1.86. The average Bonchev–Trinajstić information content (AvgIpc) is 3.12. The molecule has 0 aliphatic heterocycles. The van der Waals surface area contributed by atoms with Gasteiger partial charge in [0.2, 0.25) is 0 Å². The minimum absolute atomic E-state index is 0.261. The van der Waals surface area contributed by atoms with Gasteiger partial charge in [-0.3, -0.25) is 9.48 Å². The van der Waals surface area contributed by atoms with E-state index in [4.69, 9.17) is 5.73 Å². The molecule has 0 saturated heterocycles. The summed E-state index contributed by atoms with van der Waals surface area (Å²) in [5, 5.41) is 8.96. The van der Waals surface area contributed by atoms with Crippen LogP contribution in [0.2, 0.25) is 0 Å². The summed E-state index contributed by atoms with van der Waals surface area (Å²) in [6.07, 6.45) is 3.65. The van der Waals surface area contributed by atoms with Crippen molar-refractivity contribution in [1.82, 2.24) is 14.8 Å².